The lowest BCUT2D eigenvalue weighted by atomic mass is 10.2. The zero-order valence-corrected chi connectivity index (χ0v) is 11.7. The molecule has 0 bridgehead atoms. The monoisotopic (exact) mass is 314 g/mol. The zero-order valence-electron chi connectivity index (χ0n) is 9.32. The van der Waals surface area contributed by atoms with E-state index in [1.807, 2.05) is 29.8 Å². The van der Waals surface area contributed by atoms with Crippen molar-refractivity contribution in [2.75, 3.05) is 0 Å². The quantitative estimate of drug-likeness (QED) is 0.943. The highest BCUT2D eigenvalue weighted by Gasteiger charge is 2.03. The van der Waals surface area contributed by atoms with Gasteiger partial charge in [-0.2, -0.15) is 0 Å². The molecule has 2 aromatic rings. The van der Waals surface area contributed by atoms with Gasteiger partial charge in [-0.05, 0) is 17.7 Å². The number of rotatable bonds is 4. The van der Waals surface area contributed by atoms with Gasteiger partial charge in [0.2, 0.25) is 0 Å². The lowest BCUT2D eigenvalue weighted by Gasteiger charge is -2.06. The van der Waals surface area contributed by atoms with Gasteiger partial charge in [-0.3, -0.25) is 0 Å². The van der Waals surface area contributed by atoms with Gasteiger partial charge in [-0.15, -0.1) is 10.2 Å². The van der Waals surface area contributed by atoms with E-state index in [2.05, 4.69) is 31.4 Å². The lowest BCUT2D eigenvalue weighted by Crippen LogP contribution is -2.15. The Labute approximate surface area is 113 Å². The second kappa shape index (κ2) is 5.62. The predicted octanol–water partition coefficient (Wildman–Crippen LogP) is 2.52. The first-order valence-electron chi connectivity index (χ1n) is 5.14. The molecule has 0 aliphatic heterocycles. The van der Waals surface area contributed by atoms with E-state index in [0.717, 1.165) is 20.9 Å². The van der Waals surface area contributed by atoms with Gasteiger partial charge < -0.3 is 9.88 Å². The Bertz CT molecular complexity index is 512. The van der Waals surface area contributed by atoms with Gasteiger partial charge in [0.25, 0.3) is 0 Å². The maximum Gasteiger partial charge on any atom is 0.146 e. The van der Waals surface area contributed by atoms with Gasteiger partial charge in [0.05, 0.1) is 6.54 Å². The van der Waals surface area contributed by atoms with Crippen molar-refractivity contribution < 1.29 is 0 Å². The Hall–Kier alpha value is -0.910. The molecule has 0 radical (unpaired) electrons. The van der Waals surface area contributed by atoms with E-state index in [1.54, 1.807) is 6.33 Å². The fourth-order valence-electron chi connectivity index (χ4n) is 1.44. The minimum Gasteiger partial charge on any atom is -0.320 e. The Morgan fingerprint density at radius 3 is 2.88 bits per heavy atom. The van der Waals surface area contributed by atoms with E-state index in [0.29, 0.717) is 13.1 Å². The van der Waals surface area contributed by atoms with Gasteiger partial charge in [0.1, 0.15) is 12.2 Å². The summed E-state index contributed by atoms with van der Waals surface area (Å²) >= 11 is 9.50. The number of benzene rings is 1. The summed E-state index contributed by atoms with van der Waals surface area (Å²) in [4.78, 5) is 0. The Balaban J connectivity index is 1.92. The van der Waals surface area contributed by atoms with Crippen LogP contribution < -0.4 is 5.32 Å². The third kappa shape index (κ3) is 3.28. The topological polar surface area (TPSA) is 42.7 Å². The first-order chi connectivity index (χ1) is 8.16. The number of hydrogen-bond acceptors (Lipinski definition) is 3. The highest BCUT2D eigenvalue weighted by atomic mass is 79.9. The van der Waals surface area contributed by atoms with Crippen molar-refractivity contribution in [2.24, 2.45) is 7.05 Å². The second-order valence-electron chi connectivity index (χ2n) is 3.70. The zero-order chi connectivity index (χ0) is 12.3. The third-order valence-electron chi connectivity index (χ3n) is 2.42. The summed E-state index contributed by atoms with van der Waals surface area (Å²) < 4.78 is 2.87. The number of hydrogen-bond donors (Lipinski definition) is 1. The largest absolute Gasteiger partial charge is 0.320 e. The molecular formula is C11H12BrClN4. The van der Waals surface area contributed by atoms with Gasteiger partial charge >= 0.3 is 0 Å². The third-order valence-corrected chi connectivity index (χ3v) is 3.26. The highest BCUT2D eigenvalue weighted by Crippen LogP contribution is 2.21. The number of halogens is 2. The van der Waals surface area contributed by atoms with Crippen LogP contribution in [0.5, 0.6) is 0 Å². The molecule has 17 heavy (non-hydrogen) atoms. The van der Waals surface area contributed by atoms with Crippen molar-refractivity contribution >= 4 is 27.5 Å². The SMILES string of the molecule is Cn1cnnc1CNCc1ccc(Br)cc1Cl. The molecule has 0 fully saturated rings. The number of aromatic nitrogens is 3. The first-order valence-corrected chi connectivity index (χ1v) is 6.31. The van der Waals surface area contributed by atoms with Crippen LogP contribution in [0.15, 0.2) is 29.0 Å². The van der Waals surface area contributed by atoms with E-state index in [4.69, 9.17) is 11.6 Å². The summed E-state index contributed by atoms with van der Waals surface area (Å²) in [6, 6.07) is 5.86. The van der Waals surface area contributed by atoms with Crippen LogP contribution in [-0.4, -0.2) is 14.8 Å². The molecule has 0 saturated heterocycles. The van der Waals surface area contributed by atoms with E-state index < -0.39 is 0 Å². The second-order valence-corrected chi connectivity index (χ2v) is 5.02. The molecule has 0 amide bonds. The summed E-state index contributed by atoms with van der Waals surface area (Å²) in [5.74, 6) is 0.901. The fourth-order valence-corrected chi connectivity index (χ4v) is 2.18. The van der Waals surface area contributed by atoms with Gasteiger partial charge in [0.15, 0.2) is 0 Å². The van der Waals surface area contributed by atoms with Crippen LogP contribution in [0.3, 0.4) is 0 Å². The molecule has 2 rings (SSSR count). The van der Waals surface area contributed by atoms with Crippen molar-refractivity contribution in [3.05, 3.63) is 45.4 Å². The molecule has 0 atom stereocenters. The van der Waals surface area contributed by atoms with Crippen LogP contribution in [0.25, 0.3) is 0 Å². The Kier molecular flexibility index (Phi) is 4.15. The number of nitrogens with one attached hydrogen (secondary N) is 1. The van der Waals surface area contributed by atoms with Crippen LogP contribution in [0.4, 0.5) is 0 Å². The summed E-state index contributed by atoms with van der Waals surface area (Å²) in [5.41, 5.74) is 1.07. The maximum absolute atomic E-state index is 6.12. The van der Waals surface area contributed by atoms with Crippen LogP contribution in [0.1, 0.15) is 11.4 Å². The van der Waals surface area contributed by atoms with E-state index in [9.17, 15) is 0 Å². The molecule has 6 heteroatoms. The van der Waals surface area contributed by atoms with Crippen molar-refractivity contribution in [3.8, 4) is 0 Å². The van der Waals surface area contributed by atoms with E-state index in [1.165, 1.54) is 0 Å². The maximum atomic E-state index is 6.12. The molecule has 90 valence electrons. The lowest BCUT2D eigenvalue weighted by molar-refractivity contribution is 0.637. The molecule has 0 aliphatic rings. The van der Waals surface area contributed by atoms with Crippen LogP contribution >= 0.6 is 27.5 Å². The normalized spacial score (nSPS) is 10.8. The Morgan fingerprint density at radius 2 is 2.24 bits per heavy atom. The Morgan fingerprint density at radius 1 is 1.41 bits per heavy atom. The van der Waals surface area contributed by atoms with Crippen molar-refractivity contribution in [3.63, 3.8) is 0 Å². The molecule has 0 aliphatic carbocycles. The molecule has 0 saturated carbocycles. The summed E-state index contributed by atoms with van der Waals surface area (Å²) in [5, 5.41) is 11.8. The minimum atomic E-state index is 0.670. The van der Waals surface area contributed by atoms with Crippen LogP contribution in [0.2, 0.25) is 5.02 Å². The molecule has 0 unspecified atom stereocenters. The van der Waals surface area contributed by atoms with E-state index in [-0.39, 0.29) is 0 Å². The summed E-state index contributed by atoms with van der Waals surface area (Å²) in [6.07, 6.45) is 1.68. The van der Waals surface area contributed by atoms with Crippen molar-refractivity contribution in [1.82, 2.24) is 20.1 Å². The number of nitrogens with zero attached hydrogens (tertiary/aromatic N) is 3. The average molecular weight is 316 g/mol. The molecule has 1 heterocycles. The molecule has 1 aromatic heterocycles. The predicted molar refractivity (Wildman–Crippen MR) is 70.7 cm³/mol. The van der Waals surface area contributed by atoms with E-state index >= 15 is 0 Å². The van der Waals surface area contributed by atoms with Gasteiger partial charge in [-0.25, -0.2) is 0 Å². The average Bonchev–Trinajstić information content (AvgIpc) is 2.68. The molecular weight excluding hydrogens is 304 g/mol. The van der Waals surface area contributed by atoms with Crippen molar-refractivity contribution in [1.29, 1.82) is 0 Å². The summed E-state index contributed by atoms with van der Waals surface area (Å²) in [6.45, 7) is 1.38. The first kappa shape index (κ1) is 12.5. The molecule has 4 nitrogen and oxygen atoms in total. The minimum absolute atomic E-state index is 0.670. The molecule has 1 N–H and O–H groups in total. The van der Waals surface area contributed by atoms with Gasteiger partial charge in [0, 0.05) is 23.1 Å². The van der Waals surface area contributed by atoms with Gasteiger partial charge in [-0.1, -0.05) is 33.6 Å². The smallest absolute Gasteiger partial charge is 0.146 e. The van der Waals surface area contributed by atoms with Crippen LogP contribution in [-0.2, 0) is 20.1 Å². The fraction of sp³-hybridized carbons (Fsp3) is 0.273. The van der Waals surface area contributed by atoms with Crippen molar-refractivity contribution in [2.45, 2.75) is 13.1 Å². The number of aryl methyl sites for hydroxylation is 1. The highest BCUT2D eigenvalue weighted by molar-refractivity contribution is 9.10. The summed E-state index contributed by atoms with van der Waals surface area (Å²) in [7, 11) is 1.92. The molecule has 1 aromatic carbocycles. The molecule has 0 spiro atoms. The standard InChI is InChI=1S/C11H12BrClN4/c1-17-7-15-16-11(17)6-14-5-8-2-3-9(12)4-10(8)13/h2-4,7,14H,5-6H2,1H3. The van der Waals surface area contributed by atoms with Crippen LogP contribution in [0, 0.1) is 0 Å².